The lowest BCUT2D eigenvalue weighted by Crippen LogP contribution is -2.38. The Balaban J connectivity index is 1.64. The van der Waals surface area contributed by atoms with E-state index in [1.54, 1.807) is 12.4 Å². The molecule has 1 amide bonds. The Labute approximate surface area is 115 Å². The molecule has 0 atom stereocenters. The highest BCUT2D eigenvalue weighted by molar-refractivity contribution is 5.77. The monoisotopic (exact) mass is 261 g/mol. The Morgan fingerprint density at radius 2 is 2.05 bits per heavy atom. The topological polar surface area (TPSA) is 54.0 Å². The Morgan fingerprint density at radius 3 is 2.74 bits per heavy atom. The molecule has 1 aromatic heterocycles. The van der Waals surface area contributed by atoms with Crippen molar-refractivity contribution in [2.75, 3.05) is 6.54 Å². The minimum absolute atomic E-state index is 0.0631. The number of aromatic nitrogens is 1. The molecule has 0 bridgehead atoms. The summed E-state index contributed by atoms with van der Waals surface area (Å²) in [7, 11) is 0. The van der Waals surface area contributed by atoms with Crippen LogP contribution in [0.25, 0.3) is 0 Å². The molecular weight excluding hydrogens is 238 g/mol. The van der Waals surface area contributed by atoms with Gasteiger partial charge in [0, 0.05) is 25.0 Å². The largest absolute Gasteiger partial charge is 0.351 e. The van der Waals surface area contributed by atoms with Gasteiger partial charge in [0.05, 0.1) is 6.54 Å². The maximum Gasteiger partial charge on any atom is 0.234 e. The first kappa shape index (κ1) is 14.0. The van der Waals surface area contributed by atoms with Crippen LogP contribution in [0.2, 0.25) is 0 Å². The van der Waals surface area contributed by atoms with E-state index >= 15 is 0 Å². The van der Waals surface area contributed by atoms with E-state index < -0.39 is 0 Å². The Morgan fingerprint density at radius 1 is 1.26 bits per heavy atom. The normalized spacial score (nSPS) is 16.8. The van der Waals surface area contributed by atoms with Crippen LogP contribution in [0.15, 0.2) is 24.5 Å². The first-order valence-electron chi connectivity index (χ1n) is 7.23. The van der Waals surface area contributed by atoms with Crippen molar-refractivity contribution >= 4 is 5.91 Å². The van der Waals surface area contributed by atoms with Gasteiger partial charge >= 0.3 is 0 Å². The molecule has 0 radical (unpaired) electrons. The number of pyridine rings is 1. The van der Waals surface area contributed by atoms with Crippen molar-refractivity contribution in [1.82, 2.24) is 15.6 Å². The molecule has 1 aliphatic carbocycles. The van der Waals surface area contributed by atoms with Gasteiger partial charge in [-0.2, -0.15) is 0 Å². The molecule has 4 heteroatoms. The van der Waals surface area contributed by atoms with Crippen molar-refractivity contribution in [2.24, 2.45) is 0 Å². The third-order valence-corrected chi connectivity index (χ3v) is 3.62. The van der Waals surface area contributed by atoms with Crippen LogP contribution in [0.5, 0.6) is 0 Å². The molecule has 2 N–H and O–H groups in total. The van der Waals surface area contributed by atoms with Gasteiger partial charge in [-0.1, -0.05) is 31.7 Å². The van der Waals surface area contributed by atoms with Crippen molar-refractivity contribution < 1.29 is 4.79 Å². The molecule has 0 aromatic carbocycles. The molecule has 0 saturated heterocycles. The number of nitrogens with one attached hydrogen (secondary N) is 2. The van der Waals surface area contributed by atoms with E-state index in [0.717, 1.165) is 5.56 Å². The highest BCUT2D eigenvalue weighted by Crippen LogP contribution is 2.16. The van der Waals surface area contributed by atoms with E-state index in [1.165, 1.54) is 38.5 Å². The Kier molecular flexibility index (Phi) is 5.82. The van der Waals surface area contributed by atoms with Gasteiger partial charge in [-0.25, -0.2) is 0 Å². The molecule has 19 heavy (non-hydrogen) atoms. The minimum atomic E-state index is 0.0631. The first-order valence-corrected chi connectivity index (χ1v) is 7.23. The van der Waals surface area contributed by atoms with Gasteiger partial charge in [0.15, 0.2) is 0 Å². The highest BCUT2D eigenvalue weighted by Gasteiger charge is 2.12. The molecular formula is C15H23N3O. The highest BCUT2D eigenvalue weighted by atomic mass is 16.1. The molecule has 1 fully saturated rings. The van der Waals surface area contributed by atoms with Gasteiger partial charge in [0.25, 0.3) is 0 Å². The van der Waals surface area contributed by atoms with Gasteiger partial charge in [0.1, 0.15) is 0 Å². The van der Waals surface area contributed by atoms with Gasteiger partial charge < -0.3 is 10.6 Å². The summed E-state index contributed by atoms with van der Waals surface area (Å²) >= 11 is 0. The number of carbonyl (C=O) groups is 1. The van der Waals surface area contributed by atoms with Crippen molar-refractivity contribution in [3.8, 4) is 0 Å². The summed E-state index contributed by atoms with van der Waals surface area (Å²) in [6.07, 6.45) is 11.2. The average Bonchev–Trinajstić information content (AvgIpc) is 2.73. The van der Waals surface area contributed by atoms with Crippen molar-refractivity contribution in [1.29, 1.82) is 0 Å². The quantitative estimate of drug-likeness (QED) is 0.797. The number of nitrogens with zero attached hydrogens (tertiary/aromatic N) is 1. The summed E-state index contributed by atoms with van der Waals surface area (Å²) in [5.41, 5.74) is 1.03. The summed E-state index contributed by atoms with van der Waals surface area (Å²) in [4.78, 5) is 15.8. The van der Waals surface area contributed by atoms with Crippen LogP contribution in [-0.2, 0) is 11.3 Å². The van der Waals surface area contributed by atoms with Crippen molar-refractivity contribution in [3.63, 3.8) is 0 Å². The molecule has 104 valence electrons. The summed E-state index contributed by atoms with van der Waals surface area (Å²) in [6, 6.07) is 4.36. The zero-order chi connectivity index (χ0) is 13.3. The second kappa shape index (κ2) is 7.89. The predicted molar refractivity (Wildman–Crippen MR) is 75.6 cm³/mol. The third-order valence-electron chi connectivity index (χ3n) is 3.62. The first-order chi connectivity index (χ1) is 9.34. The standard InChI is InChI=1S/C15H23N3O/c19-15(18-11-13-6-5-9-16-10-13)12-17-14-7-3-1-2-4-8-14/h5-6,9-10,14,17H,1-4,7-8,11-12H2,(H,18,19). The summed E-state index contributed by atoms with van der Waals surface area (Å²) < 4.78 is 0. The third kappa shape index (κ3) is 5.39. The summed E-state index contributed by atoms with van der Waals surface area (Å²) in [5, 5.41) is 6.28. The maximum absolute atomic E-state index is 11.8. The Bertz CT molecular complexity index is 372. The zero-order valence-electron chi connectivity index (χ0n) is 11.4. The maximum atomic E-state index is 11.8. The number of rotatable bonds is 5. The second-order valence-electron chi connectivity index (χ2n) is 5.21. The van der Waals surface area contributed by atoms with Crippen LogP contribution in [0, 0.1) is 0 Å². The molecule has 1 aromatic rings. The van der Waals surface area contributed by atoms with E-state index in [2.05, 4.69) is 15.6 Å². The smallest absolute Gasteiger partial charge is 0.234 e. The van der Waals surface area contributed by atoms with Crippen molar-refractivity contribution in [3.05, 3.63) is 30.1 Å². The molecule has 1 aliphatic rings. The number of amides is 1. The summed E-state index contributed by atoms with van der Waals surface area (Å²) in [6.45, 7) is 0.976. The fourth-order valence-electron chi connectivity index (χ4n) is 2.49. The molecule has 0 spiro atoms. The van der Waals surface area contributed by atoms with Crippen LogP contribution in [-0.4, -0.2) is 23.5 Å². The molecule has 2 rings (SSSR count). The SMILES string of the molecule is O=C(CNC1CCCCCC1)NCc1cccnc1. The number of hydrogen-bond acceptors (Lipinski definition) is 3. The van der Waals surface area contributed by atoms with Gasteiger partial charge in [-0.15, -0.1) is 0 Å². The van der Waals surface area contributed by atoms with E-state index in [9.17, 15) is 4.79 Å². The predicted octanol–water partition coefficient (Wildman–Crippen LogP) is 2.01. The lowest BCUT2D eigenvalue weighted by Gasteiger charge is -2.15. The molecule has 1 saturated carbocycles. The number of carbonyl (C=O) groups excluding carboxylic acids is 1. The fourth-order valence-corrected chi connectivity index (χ4v) is 2.49. The van der Waals surface area contributed by atoms with E-state index in [-0.39, 0.29) is 5.91 Å². The van der Waals surface area contributed by atoms with Crippen LogP contribution in [0.3, 0.4) is 0 Å². The van der Waals surface area contributed by atoms with Gasteiger partial charge in [-0.05, 0) is 24.5 Å². The second-order valence-corrected chi connectivity index (χ2v) is 5.21. The average molecular weight is 261 g/mol. The van der Waals surface area contributed by atoms with E-state index in [4.69, 9.17) is 0 Å². The van der Waals surface area contributed by atoms with Crippen LogP contribution in [0.1, 0.15) is 44.1 Å². The van der Waals surface area contributed by atoms with Crippen LogP contribution in [0.4, 0.5) is 0 Å². The Hall–Kier alpha value is -1.42. The molecule has 1 heterocycles. The minimum Gasteiger partial charge on any atom is -0.351 e. The van der Waals surface area contributed by atoms with E-state index in [0.29, 0.717) is 19.1 Å². The lowest BCUT2D eigenvalue weighted by molar-refractivity contribution is -0.120. The zero-order valence-corrected chi connectivity index (χ0v) is 11.4. The lowest BCUT2D eigenvalue weighted by atomic mass is 10.1. The van der Waals surface area contributed by atoms with Crippen molar-refractivity contribution in [2.45, 2.75) is 51.1 Å². The summed E-state index contributed by atoms with van der Waals surface area (Å²) in [5.74, 6) is 0.0631. The van der Waals surface area contributed by atoms with Crippen LogP contribution >= 0.6 is 0 Å². The number of hydrogen-bond donors (Lipinski definition) is 2. The van der Waals surface area contributed by atoms with Gasteiger partial charge in [0.2, 0.25) is 5.91 Å². The van der Waals surface area contributed by atoms with Crippen LogP contribution < -0.4 is 10.6 Å². The molecule has 0 aliphatic heterocycles. The van der Waals surface area contributed by atoms with E-state index in [1.807, 2.05) is 12.1 Å². The van der Waals surface area contributed by atoms with Gasteiger partial charge in [-0.3, -0.25) is 9.78 Å². The molecule has 0 unspecified atom stereocenters. The molecule has 4 nitrogen and oxygen atoms in total. The fraction of sp³-hybridized carbons (Fsp3) is 0.600.